The van der Waals surface area contributed by atoms with Crippen LogP contribution >= 0.6 is 0 Å². The molecule has 0 aliphatic heterocycles. The molecule has 0 bridgehead atoms. The van der Waals surface area contributed by atoms with Crippen molar-refractivity contribution >= 4 is 10.8 Å². The maximum absolute atomic E-state index is 13.0. The molecule has 22 heavy (non-hydrogen) atoms. The minimum Gasteiger partial charge on any atom is -0.280 e. The normalized spacial score (nSPS) is 11.0. The predicted molar refractivity (Wildman–Crippen MR) is 93.0 cm³/mol. The molecule has 3 aromatic rings. The minimum atomic E-state index is 0.0773. The van der Waals surface area contributed by atoms with Gasteiger partial charge in [0.25, 0.3) is 5.56 Å². The quantitative estimate of drug-likeness (QED) is 0.693. The first-order chi connectivity index (χ1) is 10.6. The molecule has 1 aromatic heterocycles. The molecule has 0 spiro atoms. The van der Waals surface area contributed by atoms with Crippen LogP contribution in [0.3, 0.4) is 0 Å². The molecule has 2 heteroatoms. The molecule has 0 N–H and O–H groups in total. The van der Waals surface area contributed by atoms with Crippen LogP contribution in [-0.2, 0) is 6.42 Å². The van der Waals surface area contributed by atoms with Gasteiger partial charge in [-0.3, -0.25) is 9.36 Å². The maximum atomic E-state index is 13.0. The van der Waals surface area contributed by atoms with Crippen LogP contribution in [0.1, 0.15) is 30.2 Å². The van der Waals surface area contributed by atoms with Crippen molar-refractivity contribution < 1.29 is 0 Å². The molecule has 0 atom stereocenters. The topological polar surface area (TPSA) is 22.0 Å². The minimum absolute atomic E-state index is 0.0773. The average molecular weight is 291 g/mol. The number of fused-ring (bicyclic) bond motifs is 1. The van der Waals surface area contributed by atoms with Crippen molar-refractivity contribution in [1.29, 1.82) is 0 Å². The third kappa shape index (κ3) is 2.35. The molecule has 0 radical (unpaired) electrons. The van der Waals surface area contributed by atoms with Crippen molar-refractivity contribution in [3.8, 4) is 5.69 Å². The zero-order valence-corrected chi connectivity index (χ0v) is 13.4. The lowest BCUT2D eigenvalue weighted by Gasteiger charge is -2.18. The second-order valence-electron chi connectivity index (χ2n) is 5.84. The van der Waals surface area contributed by atoms with Crippen LogP contribution in [0.15, 0.2) is 53.3 Å². The summed E-state index contributed by atoms with van der Waals surface area (Å²) in [5.74, 6) is 0. The molecular weight excluding hydrogens is 270 g/mol. The van der Waals surface area contributed by atoms with Gasteiger partial charge >= 0.3 is 0 Å². The van der Waals surface area contributed by atoms with E-state index >= 15 is 0 Å². The fourth-order valence-electron chi connectivity index (χ4n) is 3.07. The van der Waals surface area contributed by atoms with E-state index in [0.29, 0.717) is 0 Å². The lowest BCUT2D eigenvalue weighted by Crippen LogP contribution is -2.23. The Morgan fingerprint density at radius 3 is 2.18 bits per heavy atom. The van der Waals surface area contributed by atoms with Gasteiger partial charge in [-0.25, -0.2) is 0 Å². The monoisotopic (exact) mass is 291 g/mol. The van der Waals surface area contributed by atoms with Crippen molar-refractivity contribution in [2.24, 2.45) is 0 Å². The number of aryl methyl sites for hydroxylation is 2. The van der Waals surface area contributed by atoms with Gasteiger partial charge in [-0.05, 0) is 49.4 Å². The Labute approximate surface area is 131 Å². The number of rotatable bonds is 3. The molecule has 0 aliphatic rings. The van der Waals surface area contributed by atoms with E-state index in [1.54, 1.807) is 0 Å². The molecule has 112 valence electrons. The predicted octanol–water partition coefficient (Wildman–Crippen LogP) is 4.56. The highest BCUT2D eigenvalue weighted by molar-refractivity contribution is 5.85. The molecule has 2 nitrogen and oxygen atoms in total. The third-order valence-corrected chi connectivity index (χ3v) is 4.25. The van der Waals surface area contributed by atoms with Crippen LogP contribution in [0.4, 0.5) is 0 Å². The summed E-state index contributed by atoms with van der Waals surface area (Å²) in [5, 5.41) is 1.86. The number of benzene rings is 2. The van der Waals surface area contributed by atoms with Gasteiger partial charge < -0.3 is 0 Å². The zero-order chi connectivity index (χ0) is 15.7. The highest BCUT2D eigenvalue weighted by atomic mass is 16.1. The molecular formula is C20H21NO. The fraction of sp³-hybridized carbons (Fsp3) is 0.250. The van der Waals surface area contributed by atoms with E-state index in [1.165, 1.54) is 11.1 Å². The first-order valence-electron chi connectivity index (χ1n) is 7.83. The SMILES string of the molecule is CCCc1c(C)c2ccccc2c(=O)n1-c1ccc(C)cc1. The Kier molecular flexibility index (Phi) is 3.84. The van der Waals surface area contributed by atoms with Crippen LogP contribution in [0.2, 0.25) is 0 Å². The van der Waals surface area contributed by atoms with E-state index in [-0.39, 0.29) is 5.56 Å². The molecule has 0 aliphatic carbocycles. The molecule has 2 aromatic carbocycles. The number of hydrogen-bond acceptors (Lipinski definition) is 1. The lowest BCUT2D eigenvalue weighted by atomic mass is 10.0. The number of pyridine rings is 1. The summed E-state index contributed by atoms with van der Waals surface area (Å²) < 4.78 is 1.89. The second-order valence-corrected chi connectivity index (χ2v) is 5.84. The lowest BCUT2D eigenvalue weighted by molar-refractivity contribution is 0.807. The van der Waals surface area contributed by atoms with Crippen molar-refractivity contribution in [3.05, 3.63) is 75.7 Å². The largest absolute Gasteiger partial charge is 0.280 e. The zero-order valence-electron chi connectivity index (χ0n) is 13.4. The van der Waals surface area contributed by atoms with Gasteiger partial charge in [0.15, 0.2) is 0 Å². The number of hydrogen-bond donors (Lipinski definition) is 0. The van der Waals surface area contributed by atoms with Gasteiger partial charge in [0.2, 0.25) is 0 Å². The van der Waals surface area contributed by atoms with Gasteiger partial charge in [-0.15, -0.1) is 0 Å². The highest BCUT2D eigenvalue weighted by Crippen LogP contribution is 2.22. The van der Waals surface area contributed by atoms with Gasteiger partial charge in [-0.1, -0.05) is 49.2 Å². The Balaban J connectivity index is 2.41. The summed E-state index contributed by atoms with van der Waals surface area (Å²) in [5.41, 5.74) is 4.56. The van der Waals surface area contributed by atoms with E-state index in [2.05, 4.69) is 32.9 Å². The highest BCUT2D eigenvalue weighted by Gasteiger charge is 2.14. The van der Waals surface area contributed by atoms with Crippen LogP contribution in [0.5, 0.6) is 0 Å². The summed E-state index contributed by atoms with van der Waals surface area (Å²) >= 11 is 0. The van der Waals surface area contributed by atoms with Crippen molar-refractivity contribution in [2.75, 3.05) is 0 Å². The van der Waals surface area contributed by atoms with Gasteiger partial charge in [-0.2, -0.15) is 0 Å². The molecule has 0 fully saturated rings. The standard InChI is InChI=1S/C20H21NO/c1-4-7-19-15(3)17-8-5-6-9-18(17)20(22)21(19)16-12-10-14(2)11-13-16/h5-6,8-13H,4,7H2,1-3H3. The maximum Gasteiger partial charge on any atom is 0.263 e. The van der Waals surface area contributed by atoms with E-state index < -0.39 is 0 Å². The second kappa shape index (κ2) is 5.80. The van der Waals surface area contributed by atoms with Crippen LogP contribution < -0.4 is 5.56 Å². The number of aromatic nitrogens is 1. The van der Waals surface area contributed by atoms with Gasteiger partial charge in [0, 0.05) is 16.8 Å². The molecule has 0 amide bonds. The molecule has 3 rings (SSSR count). The van der Waals surface area contributed by atoms with E-state index in [9.17, 15) is 4.79 Å². The summed E-state index contributed by atoms with van der Waals surface area (Å²) in [6.07, 6.45) is 1.92. The van der Waals surface area contributed by atoms with Gasteiger partial charge in [0.05, 0.1) is 0 Å². The Bertz CT molecular complexity index is 873. The van der Waals surface area contributed by atoms with Gasteiger partial charge in [0.1, 0.15) is 0 Å². The molecule has 1 heterocycles. The van der Waals surface area contributed by atoms with Crippen LogP contribution in [0, 0.1) is 13.8 Å². The van der Waals surface area contributed by atoms with E-state index in [1.807, 2.05) is 41.0 Å². The Hall–Kier alpha value is -2.35. The first kappa shape index (κ1) is 14.6. The van der Waals surface area contributed by atoms with E-state index in [0.717, 1.165) is 35.0 Å². The van der Waals surface area contributed by atoms with Crippen molar-refractivity contribution in [1.82, 2.24) is 4.57 Å². The molecule has 0 saturated heterocycles. The summed E-state index contributed by atoms with van der Waals surface area (Å²) in [7, 11) is 0. The van der Waals surface area contributed by atoms with E-state index in [4.69, 9.17) is 0 Å². The third-order valence-electron chi connectivity index (χ3n) is 4.25. The van der Waals surface area contributed by atoms with Crippen molar-refractivity contribution in [2.45, 2.75) is 33.6 Å². The fourth-order valence-corrected chi connectivity index (χ4v) is 3.07. The molecule has 0 unspecified atom stereocenters. The number of nitrogens with zero attached hydrogens (tertiary/aromatic N) is 1. The first-order valence-corrected chi connectivity index (χ1v) is 7.83. The molecule has 0 saturated carbocycles. The Morgan fingerprint density at radius 2 is 1.55 bits per heavy atom. The summed E-state index contributed by atoms with van der Waals surface area (Å²) in [6, 6.07) is 16.1. The smallest absolute Gasteiger partial charge is 0.263 e. The summed E-state index contributed by atoms with van der Waals surface area (Å²) in [6.45, 7) is 6.33. The summed E-state index contributed by atoms with van der Waals surface area (Å²) in [4.78, 5) is 13.0. The van der Waals surface area contributed by atoms with Crippen LogP contribution in [0.25, 0.3) is 16.5 Å². The Morgan fingerprint density at radius 1 is 0.909 bits per heavy atom. The van der Waals surface area contributed by atoms with Crippen molar-refractivity contribution in [3.63, 3.8) is 0 Å². The van der Waals surface area contributed by atoms with Crippen LogP contribution in [-0.4, -0.2) is 4.57 Å². The average Bonchev–Trinajstić information content (AvgIpc) is 2.54.